The molecule has 1 heterocycles. The minimum atomic E-state index is -0.294. The molecule has 0 radical (unpaired) electrons. The molecule has 0 unspecified atom stereocenters. The van der Waals surface area contributed by atoms with E-state index in [4.69, 9.17) is 9.47 Å². The molecule has 0 aliphatic heterocycles. The van der Waals surface area contributed by atoms with Crippen molar-refractivity contribution in [3.63, 3.8) is 0 Å². The number of nitrogens with zero attached hydrogens (tertiary/aromatic N) is 2. The summed E-state index contributed by atoms with van der Waals surface area (Å²) in [5, 5.41) is 11.4. The van der Waals surface area contributed by atoms with Crippen LogP contribution in [-0.4, -0.2) is 30.3 Å². The molecule has 0 saturated heterocycles. The van der Waals surface area contributed by atoms with Crippen molar-refractivity contribution in [3.05, 3.63) is 59.7 Å². The Morgan fingerprint density at radius 3 is 2.42 bits per heavy atom. The van der Waals surface area contributed by atoms with E-state index in [9.17, 15) is 4.79 Å². The van der Waals surface area contributed by atoms with Gasteiger partial charge in [0, 0.05) is 17.4 Å². The molecular weight excluding hydrogens is 370 g/mol. The van der Waals surface area contributed by atoms with Crippen molar-refractivity contribution in [2.24, 2.45) is 0 Å². The molecule has 2 aromatic carbocycles. The number of nitrogens with one attached hydrogen (secondary N) is 1. The van der Waals surface area contributed by atoms with Crippen LogP contribution in [0.5, 0.6) is 11.5 Å². The smallest absolute Gasteiger partial charge is 0.257 e. The Hall–Kier alpha value is -2.58. The van der Waals surface area contributed by atoms with Gasteiger partial charge in [-0.25, -0.2) is 0 Å². The summed E-state index contributed by atoms with van der Waals surface area (Å²) >= 11 is 2.92. The Bertz CT molecular complexity index is 862. The van der Waals surface area contributed by atoms with Crippen LogP contribution in [0.25, 0.3) is 0 Å². The van der Waals surface area contributed by atoms with Crippen LogP contribution in [0.3, 0.4) is 0 Å². The second-order valence-corrected chi connectivity index (χ2v) is 7.40. The third-order valence-electron chi connectivity index (χ3n) is 3.45. The van der Waals surface area contributed by atoms with Crippen molar-refractivity contribution < 1.29 is 14.3 Å². The van der Waals surface area contributed by atoms with E-state index in [1.807, 2.05) is 18.2 Å². The Morgan fingerprint density at radius 1 is 1.08 bits per heavy atom. The van der Waals surface area contributed by atoms with Gasteiger partial charge in [0.15, 0.2) is 4.34 Å². The van der Waals surface area contributed by atoms with Crippen molar-refractivity contribution in [2.45, 2.75) is 10.1 Å². The van der Waals surface area contributed by atoms with Crippen molar-refractivity contribution >= 4 is 34.1 Å². The van der Waals surface area contributed by atoms with Gasteiger partial charge in [0.2, 0.25) is 5.13 Å². The summed E-state index contributed by atoms with van der Waals surface area (Å²) in [6.07, 6.45) is 0. The Balaban J connectivity index is 1.64. The molecule has 0 saturated carbocycles. The summed E-state index contributed by atoms with van der Waals surface area (Å²) in [7, 11) is 3.08. The van der Waals surface area contributed by atoms with Gasteiger partial charge in [-0.1, -0.05) is 53.4 Å². The topological polar surface area (TPSA) is 73.3 Å². The zero-order valence-corrected chi connectivity index (χ0v) is 15.9. The van der Waals surface area contributed by atoms with Gasteiger partial charge in [-0.2, -0.15) is 0 Å². The maximum Gasteiger partial charge on any atom is 0.257 e. The molecule has 1 aromatic heterocycles. The third kappa shape index (κ3) is 4.74. The van der Waals surface area contributed by atoms with E-state index in [0.29, 0.717) is 22.2 Å². The average Bonchev–Trinajstić information content (AvgIpc) is 3.14. The van der Waals surface area contributed by atoms with Gasteiger partial charge in [0.1, 0.15) is 11.5 Å². The van der Waals surface area contributed by atoms with Crippen LogP contribution >= 0.6 is 23.1 Å². The summed E-state index contributed by atoms with van der Waals surface area (Å²) in [6.45, 7) is 0. The standard InChI is InChI=1S/C18H17N3O3S2/c1-23-14-8-13(9-15(10-14)24-2)16(22)19-17-20-21-18(26-17)25-11-12-6-4-3-5-7-12/h3-10H,11H2,1-2H3,(H,19,20,22). The molecule has 3 aromatic rings. The van der Waals surface area contributed by atoms with Gasteiger partial charge in [-0.3, -0.25) is 10.1 Å². The highest BCUT2D eigenvalue weighted by atomic mass is 32.2. The molecule has 0 spiro atoms. The van der Waals surface area contributed by atoms with Gasteiger partial charge >= 0.3 is 0 Å². The maximum absolute atomic E-state index is 12.4. The molecule has 0 aliphatic rings. The zero-order valence-electron chi connectivity index (χ0n) is 14.3. The van der Waals surface area contributed by atoms with Crippen molar-refractivity contribution in [1.82, 2.24) is 10.2 Å². The van der Waals surface area contributed by atoms with E-state index in [1.54, 1.807) is 30.0 Å². The molecule has 8 heteroatoms. The second-order valence-electron chi connectivity index (χ2n) is 5.20. The van der Waals surface area contributed by atoms with Crippen LogP contribution in [0.1, 0.15) is 15.9 Å². The van der Waals surface area contributed by atoms with Gasteiger partial charge < -0.3 is 9.47 Å². The lowest BCUT2D eigenvalue weighted by Gasteiger charge is -2.07. The predicted molar refractivity (Wildman–Crippen MR) is 103 cm³/mol. The molecule has 26 heavy (non-hydrogen) atoms. The first kappa shape index (κ1) is 18.2. The quantitative estimate of drug-likeness (QED) is 0.486. The average molecular weight is 387 g/mol. The molecule has 0 atom stereocenters. The lowest BCUT2D eigenvalue weighted by atomic mass is 10.2. The van der Waals surface area contributed by atoms with Crippen molar-refractivity contribution in [3.8, 4) is 11.5 Å². The lowest BCUT2D eigenvalue weighted by Crippen LogP contribution is -2.12. The van der Waals surface area contributed by atoms with E-state index >= 15 is 0 Å². The number of benzene rings is 2. The minimum absolute atomic E-state index is 0.294. The van der Waals surface area contributed by atoms with Crippen molar-refractivity contribution in [2.75, 3.05) is 19.5 Å². The monoisotopic (exact) mass is 387 g/mol. The molecule has 1 N–H and O–H groups in total. The number of aromatic nitrogens is 2. The fourth-order valence-electron chi connectivity index (χ4n) is 2.15. The molecule has 0 fully saturated rings. The van der Waals surface area contributed by atoms with E-state index in [-0.39, 0.29) is 5.91 Å². The molecule has 0 aliphatic carbocycles. The second kappa shape index (κ2) is 8.68. The number of methoxy groups -OCH3 is 2. The number of carbonyl (C=O) groups is 1. The normalized spacial score (nSPS) is 10.4. The number of carbonyl (C=O) groups excluding carboxylic acids is 1. The number of ether oxygens (including phenoxy) is 2. The lowest BCUT2D eigenvalue weighted by molar-refractivity contribution is 0.102. The number of thioether (sulfide) groups is 1. The summed E-state index contributed by atoms with van der Waals surface area (Å²) in [5.74, 6) is 1.60. The molecule has 134 valence electrons. The summed E-state index contributed by atoms with van der Waals surface area (Å²) in [6, 6.07) is 15.1. The maximum atomic E-state index is 12.4. The van der Waals surface area contributed by atoms with Crippen LogP contribution in [0.4, 0.5) is 5.13 Å². The first-order valence-electron chi connectivity index (χ1n) is 7.72. The van der Waals surface area contributed by atoms with Gasteiger partial charge in [0.05, 0.1) is 14.2 Å². The first-order valence-corrected chi connectivity index (χ1v) is 9.53. The van der Waals surface area contributed by atoms with Gasteiger partial charge in [0.25, 0.3) is 5.91 Å². The molecular formula is C18H17N3O3S2. The number of hydrogen-bond acceptors (Lipinski definition) is 7. The number of anilines is 1. The van der Waals surface area contributed by atoms with E-state index in [1.165, 1.54) is 31.1 Å². The predicted octanol–water partition coefficient (Wildman–Crippen LogP) is 4.10. The number of amides is 1. The fourth-order valence-corrected chi connectivity index (χ4v) is 3.85. The summed E-state index contributed by atoms with van der Waals surface area (Å²) in [4.78, 5) is 12.4. The Labute approximate surface area is 159 Å². The van der Waals surface area contributed by atoms with Crippen LogP contribution in [0.2, 0.25) is 0 Å². The largest absolute Gasteiger partial charge is 0.497 e. The van der Waals surface area contributed by atoms with E-state index in [0.717, 1.165) is 10.1 Å². The highest BCUT2D eigenvalue weighted by molar-refractivity contribution is 8.00. The zero-order chi connectivity index (χ0) is 18.4. The van der Waals surface area contributed by atoms with Crippen molar-refractivity contribution in [1.29, 1.82) is 0 Å². The Morgan fingerprint density at radius 2 is 1.77 bits per heavy atom. The molecule has 1 amide bonds. The van der Waals surface area contributed by atoms with Gasteiger partial charge in [-0.15, -0.1) is 10.2 Å². The number of hydrogen-bond donors (Lipinski definition) is 1. The highest BCUT2D eigenvalue weighted by Gasteiger charge is 2.13. The fraction of sp³-hybridized carbons (Fsp3) is 0.167. The minimum Gasteiger partial charge on any atom is -0.497 e. The van der Waals surface area contributed by atoms with E-state index < -0.39 is 0 Å². The molecule has 3 rings (SSSR count). The van der Waals surface area contributed by atoms with Crippen LogP contribution < -0.4 is 14.8 Å². The molecule has 0 bridgehead atoms. The number of rotatable bonds is 7. The SMILES string of the molecule is COc1cc(OC)cc(C(=O)Nc2nnc(SCc3ccccc3)s2)c1. The summed E-state index contributed by atoms with van der Waals surface area (Å²) < 4.78 is 11.2. The Kier molecular flexibility index (Phi) is 6.08. The molecule has 6 nitrogen and oxygen atoms in total. The van der Waals surface area contributed by atoms with E-state index in [2.05, 4.69) is 27.6 Å². The third-order valence-corrected chi connectivity index (χ3v) is 5.49. The van der Waals surface area contributed by atoms with Crippen LogP contribution in [0, 0.1) is 0 Å². The highest BCUT2D eigenvalue weighted by Crippen LogP contribution is 2.29. The van der Waals surface area contributed by atoms with Crippen LogP contribution in [0.15, 0.2) is 52.9 Å². The first-order chi connectivity index (χ1) is 12.7. The summed E-state index contributed by atoms with van der Waals surface area (Å²) in [5.41, 5.74) is 1.64. The van der Waals surface area contributed by atoms with Crippen LogP contribution in [-0.2, 0) is 5.75 Å². The van der Waals surface area contributed by atoms with Gasteiger partial charge in [-0.05, 0) is 17.7 Å².